The fourth-order valence-corrected chi connectivity index (χ4v) is 3.85. The summed E-state index contributed by atoms with van der Waals surface area (Å²) in [5.74, 6) is -1.25. The molecule has 0 bridgehead atoms. The Labute approximate surface area is 163 Å². The number of carbonyl (C=O) groups is 2. The molecule has 9 heteroatoms. The van der Waals surface area contributed by atoms with Crippen molar-refractivity contribution >= 4 is 33.4 Å². The summed E-state index contributed by atoms with van der Waals surface area (Å²) in [4.78, 5) is 24.3. The summed E-state index contributed by atoms with van der Waals surface area (Å²) >= 11 is 5.93. The fraction of sp³-hybridized carbons (Fsp3) is 0.222. The maximum atomic E-state index is 12.4. The van der Waals surface area contributed by atoms with Crippen LogP contribution in [0.3, 0.4) is 0 Å². The molecule has 0 atom stereocenters. The lowest BCUT2D eigenvalue weighted by atomic mass is 10.1. The normalized spacial score (nSPS) is 11.7. The zero-order valence-corrected chi connectivity index (χ0v) is 16.6. The van der Waals surface area contributed by atoms with Crippen LogP contribution in [0.1, 0.15) is 41.5 Å². The number of halogens is 1. The Morgan fingerprint density at radius 1 is 0.926 bits per heavy atom. The molecule has 2 aromatic carbocycles. The van der Waals surface area contributed by atoms with Crippen LogP contribution >= 0.6 is 11.6 Å². The van der Waals surface area contributed by atoms with E-state index in [2.05, 4.69) is 15.6 Å². The number of nitrogens with one attached hydrogen (secondary N) is 3. The van der Waals surface area contributed by atoms with Crippen LogP contribution in [0, 0.1) is 0 Å². The number of hydrogen-bond donors (Lipinski definition) is 3. The van der Waals surface area contributed by atoms with E-state index in [0.717, 1.165) is 0 Å². The van der Waals surface area contributed by atoms with Crippen molar-refractivity contribution in [3.63, 3.8) is 0 Å². The molecular weight excluding hydrogens is 390 g/mol. The third-order valence-corrected chi connectivity index (χ3v) is 5.34. The van der Waals surface area contributed by atoms with Gasteiger partial charge in [-0.25, -0.2) is 13.1 Å². The van der Waals surface area contributed by atoms with Gasteiger partial charge in [0.2, 0.25) is 10.0 Å². The first-order valence-electron chi connectivity index (χ1n) is 7.99. The monoisotopic (exact) mass is 409 g/mol. The van der Waals surface area contributed by atoms with Crippen molar-refractivity contribution < 1.29 is 18.0 Å². The number of amides is 2. The van der Waals surface area contributed by atoms with E-state index in [9.17, 15) is 18.0 Å². The number of hydrazine groups is 1. The fourth-order valence-electron chi connectivity index (χ4n) is 2.16. The van der Waals surface area contributed by atoms with Gasteiger partial charge in [0, 0.05) is 11.1 Å². The maximum Gasteiger partial charge on any atom is 0.271 e. The van der Waals surface area contributed by atoms with Crippen LogP contribution in [0.5, 0.6) is 0 Å². The van der Waals surface area contributed by atoms with Crippen molar-refractivity contribution in [1.82, 2.24) is 15.6 Å². The van der Waals surface area contributed by atoms with E-state index in [1.165, 1.54) is 30.3 Å². The minimum atomic E-state index is -3.79. The van der Waals surface area contributed by atoms with Crippen molar-refractivity contribution in [2.45, 2.75) is 31.2 Å². The molecule has 3 N–H and O–H groups in total. The standard InChI is InChI=1S/C18H20ClN3O4S/c1-18(2,3)22-27(25,26)13-8-6-7-12(11-13)16(23)20-21-17(24)14-9-4-5-10-15(14)19/h4-11,22H,1-3H3,(H,20,23)(H,21,24). The topological polar surface area (TPSA) is 104 Å². The molecule has 2 rings (SSSR count). The molecule has 0 radical (unpaired) electrons. The number of benzene rings is 2. The lowest BCUT2D eigenvalue weighted by Crippen LogP contribution is -2.42. The molecule has 0 heterocycles. The van der Waals surface area contributed by atoms with Gasteiger partial charge in [0.05, 0.1) is 15.5 Å². The molecular formula is C18H20ClN3O4S. The van der Waals surface area contributed by atoms with Crippen LogP contribution in [-0.4, -0.2) is 25.8 Å². The minimum Gasteiger partial charge on any atom is -0.267 e. The molecule has 27 heavy (non-hydrogen) atoms. The molecule has 0 aliphatic carbocycles. The Balaban J connectivity index is 2.12. The Kier molecular flexibility index (Phi) is 6.25. The first-order valence-corrected chi connectivity index (χ1v) is 9.85. The van der Waals surface area contributed by atoms with Gasteiger partial charge in [0.1, 0.15) is 0 Å². The van der Waals surface area contributed by atoms with Crippen LogP contribution in [-0.2, 0) is 10.0 Å². The van der Waals surface area contributed by atoms with Crippen LogP contribution in [0.15, 0.2) is 53.4 Å². The molecule has 0 fully saturated rings. The zero-order chi connectivity index (χ0) is 20.2. The largest absolute Gasteiger partial charge is 0.271 e. The Morgan fingerprint density at radius 3 is 2.19 bits per heavy atom. The lowest BCUT2D eigenvalue weighted by molar-refractivity contribution is 0.0846. The third-order valence-electron chi connectivity index (χ3n) is 3.26. The SMILES string of the molecule is CC(C)(C)NS(=O)(=O)c1cccc(C(=O)NNC(=O)c2ccccc2Cl)c1. The molecule has 0 aromatic heterocycles. The number of sulfonamides is 1. The predicted molar refractivity (Wildman–Crippen MR) is 103 cm³/mol. The first kappa shape index (κ1) is 20.9. The quantitative estimate of drug-likeness (QED) is 0.674. The van der Waals surface area contributed by atoms with Crippen molar-refractivity contribution in [2.24, 2.45) is 0 Å². The summed E-state index contributed by atoms with van der Waals surface area (Å²) in [5.41, 5.74) is 4.09. The Hall–Kier alpha value is -2.42. The molecule has 0 aliphatic heterocycles. The molecule has 0 aliphatic rings. The van der Waals surface area contributed by atoms with Gasteiger partial charge in [-0.15, -0.1) is 0 Å². The summed E-state index contributed by atoms with van der Waals surface area (Å²) in [7, 11) is -3.79. The predicted octanol–water partition coefficient (Wildman–Crippen LogP) is 2.49. The summed E-state index contributed by atoms with van der Waals surface area (Å²) in [6.45, 7) is 5.14. The van der Waals surface area contributed by atoms with E-state index in [1.807, 2.05) is 0 Å². The van der Waals surface area contributed by atoms with Crippen LogP contribution in [0.4, 0.5) is 0 Å². The minimum absolute atomic E-state index is 0.0532. The molecule has 2 amide bonds. The van der Waals surface area contributed by atoms with Crippen molar-refractivity contribution in [3.05, 3.63) is 64.7 Å². The third kappa shape index (κ3) is 5.78. The van der Waals surface area contributed by atoms with Gasteiger partial charge in [-0.05, 0) is 51.1 Å². The van der Waals surface area contributed by atoms with Crippen molar-refractivity contribution in [3.8, 4) is 0 Å². The van der Waals surface area contributed by atoms with Gasteiger partial charge in [-0.3, -0.25) is 20.4 Å². The second-order valence-corrected chi connectivity index (χ2v) is 8.86. The molecule has 0 unspecified atom stereocenters. The van der Waals surface area contributed by atoms with Crippen molar-refractivity contribution in [2.75, 3.05) is 0 Å². The van der Waals surface area contributed by atoms with Gasteiger partial charge in [0.25, 0.3) is 11.8 Å². The van der Waals surface area contributed by atoms with Gasteiger partial charge in [-0.1, -0.05) is 29.8 Å². The molecule has 0 saturated carbocycles. The highest BCUT2D eigenvalue weighted by molar-refractivity contribution is 7.89. The lowest BCUT2D eigenvalue weighted by Gasteiger charge is -2.20. The smallest absolute Gasteiger partial charge is 0.267 e. The Bertz CT molecular complexity index is 969. The van der Waals surface area contributed by atoms with Crippen molar-refractivity contribution in [1.29, 1.82) is 0 Å². The molecule has 7 nitrogen and oxygen atoms in total. The van der Waals surface area contributed by atoms with E-state index in [1.54, 1.807) is 39.0 Å². The summed E-state index contributed by atoms with van der Waals surface area (Å²) in [6.07, 6.45) is 0. The van der Waals surface area contributed by atoms with E-state index in [-0.39, 0.29) is 21.0 Å². The van der Waals surface area contributed by atoms with E-state index in [4.69, 9.17) is 11.6 Å². The average Bonchev–Trinajstić information content (AvgIpc) is 2.58. The molecule has 0 spiro atoms. The second kappa shape index (κ2) is 8.08. The van der Waals surface area contributed by atoms with Gasteiger partial charge < -0.3 is 0 Å². The van der Waals surface area contributed by atoms with Gasteiger partial charge >= 0.3 is 0 Å². The Morgan fingerprint density at radius 2 is 1.56 bits per heavy atom. The molecule has 0 saturated heterocycles. The number of hydrogen-bond acceptors (Lipinski definition) is 4. The van der Waals surface area contributed by atoms with Crippen LogP contribution in [0.2, 0.25) is 5.02 Å². The number of rotatable bonds is 4. The maximum absolute atomic E-state index is 12.4. The average molecular weight is 410 g/mol. The zero-order valence-electron chi connectivity index (χ0n) is 15.0. The second-order valence-electron chi connectivity index (χ2n) is 6.77. The molecule has 144 valence electrons. The van der Waals surface area contributed by atoms with Gasteiger partial charge in [-0.2, -0.15) is 0 Å². The van der Waals surface area contributed by atoms with Crippen LogP contribution in [0.25, 0.3) is 0 Å². The summed E-state index contributed by atoms with van der Waals surface area (Å²) < 4.78 is 27.3. The highest BCUT2D eigenvalue weighted by atomic mass is 35.5. The summed E-state index contributed by atoms with van der Waals surface area (Å²) in [6, 6.07) is 11.9. The number of carbonyl (C=O) groups excluding carboxylic acids is 2. The highest BCUT2D eigenvalue weighted by Gasteiger charge is 2.23. The summed E-state index contributed by atoms with van der Waals surface area (Å²) in [5, 5.41) is 0.241. The van der Waals surface area contributed by atoms with Crippen LogP contribution < -0.4 is 15.6 Å². The van der Waals surface area contributed by atoms with E-state index in [0.29, 0.717) is 0 Å². The highest BCUT2D eigenvalue weighted by Crippen LogP contribution is 2.15. The van der Waals surface area contributed by atoms with E-state index < -0.39 is 27.4 Å². The first-order chi connectivity index (χ1) is 12.5. The van der Waals surface area contributed by atoms with E-state index >= 15 is 0 Å². The molecule has 2 aromatic rings. The van der Waals surface area contributed by atoms with Gasteiger partial charge in [0.15, 0.2) is 0 Å².